The highest BCUT2D eigenvalue weighted by Crippen LogP contribution is 2.27. The van der Waals surface area contributed by atoms with Crippen molar-refractivity contribution in [3.63, 3.8) is 0 Å². The fourth-order valence-corrected chi connectivity index (χ4v) is 4.49. The fraction of sp³-hybridized carbons (Fsp3) is 0.500. The highest BCUT2D eigenvalue weighted by molar-refractivity contribution is 5.85. The van der Waals surface area contributed by atoms with Crippen molar-refractivity contribution in [2.24, 2.45) is 5.92 Å². The summed E-state index contributed by atoms with van der Waals surface area (Å²) in [7, 11) is 0. The number of aliphatic hydroxyl groups is 1. The van der Waals surface area contributed by atoms with Gasteiger partial charge in [0.15, 0.2) is 0 Å². The number of alkyl carbamates (subject to hydrolysis) is 1. The molecule has 2 aromatic rings. The van der Waals surface area contributed by atoms with Gasteiger partial charge in [-0.1, -0.05) is 56.3 Å². The second-order valence-electron chi connectivity index (χ2n) is 10.9. The number of nitrogens with one attached hydrogen (secondary N) is 2. The molecule has 1 saturated heterocycles. The van der Waals surface area contributed by atoms with Gasteiger partial charge in [0.2, 0.25) is 5.91 Å². The van der Waals surface area contributed by atoms with E-state index < -0.39 is 48.3 Å². The van der Waals surface area contributed by atoms with Crippen LogP contribution in [-0.4, -0.2) is 58.3 Å². The average molecular weight is 552 g/mol. The van der Waals surface area contributed by atoms with E-state index in [0.717, 1.165) is 5.56 Å². The number of amides is 2. The first-order valence-electron chi connectivity index (χ1n) is 12.8. The van der Waals surface area contributed by atoms with Crippen molar-refractivity contribution in [3.8, 4) is 5.75 Å². The molecular weight excluding hydrogens is 515 g/mol. The second kappa shape index (κ2) is 12.3. The number of hydrogen-bond donors (Lipinski definition) is 3. The molecule has 0 radical (unpaired) electrons. The van der Waals surface area contributed by atoms with Crippen molar-refractivity contribution >= 4 is 12.0 Å². The summed E-state index contributed by atoms with van der Waals surface area (Å²) >= 11 is 0. The first kappa shape index (κ1) is 30.2. The summed E-state index contributed by atoms with van der Waals surface area (Å²) in [6, 6.07) is 12.7. The number of nitrogens with zero attached hydrogens (tertiary/aromatic N) is 1. The molecule has 0 bridgehead atoms. The maximum absolute atomic E-state index is 13.6. The molecule has 1 aliphatic rings. The molecule has 1 heterocycles. The Morgan fingerprint density at radius 3 is 2.31 bits per heavy atom. The summed E-state index contributed by atoms with van der Waals surface area (Å²) in [5.41, 5.74) is 0.500. The van der Waals surface area contributed by atoms with E-state index in [4.69, 9.17) is 4.74 Å². The van der Waals surface area contributed by atoms with Crippen molar-refractivity contribution in [2.45, 2.75) is 83.9 Å². The largest absolute Gasteiger partial charge is 0.573 e. The summed E-state index contributed by atoms with van der Waals surface area (Å²) in [6.45, 7) is 8.92. The number of carbonyl (C=O) groups excluding carboxylic acids is 2. The Morgan fingerprint density at radius 1 is 1.08 bits per heavy atom. The van der Waals surface area contributed by atoms with Gasteiger partial charge in [-0.15, -0.1) is 13.2 Å². The number of benzene rings is 2. The van der Waals surface area contributed by atoms with Gasteiger partial charge in [-0.3, -0.25) is 10.1 Å². The lowest BCUT2D eigenvalue weighted by Gasteiger charge is -2.29. The average Bonchev–Trinajstić information content (AvgIpc) is 3.13. The van der Waals surface area contributed by atoms with Crippen LogP contribution in [0.5, 0.6) is 5.75 Å². The van der Waals surface area contributed by atoms with Gasteiger partial charge in [0.05, 0.1) is 18.3 Å². The molecule has 8 nitrogen and oxygen atoms in total. The predicted octanol–water partition coefficient (Wildman–Crippen LogP) is 4.36. The molecule has 39 heavy (non-hydrogen) atoms. The van der Waals surface area contributed by atoms with Crippen molar-refractivity contribution in [1.82, 2.24) is 15.5 Å². The molecule has 214 valence electrons. The third-order valence-electron chi connectivity index (χ3n) is 6.11. The third-order valence-corrected chi connectivity index (χ3v) is 6.11. The number of alkyl halides is 3. The van der Waals surface area contributed by atoms with Crippen LogP contribution in [-0.2, 0) is 22.5 Å². The number of hydrogen-bond acceptors (Lipinski definition) is 6. The van der Waals surface area contributed by atoms with E-state index in [0.29, 0.717) is 5.56 Å². The third kappa shape index (κ3) is 8.86. The minimum atomic E-state index is -4.84. The van der Waals surface area contributed by atoms with E-state index >= 15 is 0 Å². The Balaban J connectivity index is 1.83. The van der Waals surface area contributed by atoms with Gasteiger partial charge < -0.3 is 24.8 Å². The van der Waals surface area contributed by atoms with Crippen LogP contribution in [0.25, 0.3) is 0 Å². The van der Waals surface area contributed by atoms with E-state index in [1.807, 2.05) is 44.2 Å². The Morgan fingerprint density at radius 2 is 1.72 bits per heavy atom. The normalized spacial score (nSPS) is 19.6. The van der Waals surface area contributed by atoms with Crippen LogP contribution in [0, 0.1) is 5.92 Å². The van der Waals surface area contributed by atoms with Crippen LogP contribution >= 0.6 is 0 Å². The zero-order valence-electron chi connectivity index (χ0n) is 22.7. The lowest BCUT2D eigenvalue weighted by atomic mass is 9.96. The van der Waals surface area contributed by atoms with Crippen LogP contribution in [0.1, 0.15) is 45.7 Å². The number of rotatable bonds is 9. The van der Waals surface area contributed by atoms with Gasteiger partial charge in [0.1, 0.15) is 17.4 Å². The molecule has 0 saturated carbocycles. The molecular formula is C28H36F3N3O5. The van der Waals surface area contributed by atoms with E-state index in [1.165, 1.54) is 23.1 Å². The van der Waals surface area contributed by atoms with Crippen molar-refractivity contribution in [3.05, 3.63) is 65.7 Å². The summed E-state index contributed by atoms with van der Waals surface area (Å²) in [5, 5.41) is 17.3. The van der Waals surface area contributed by atoms with Gasteiger partial charge in [-0.05, 0) is 56.4 Å². The van der Waals surface area contributed by atoms with Crippen molar-refractivity contribution < 1.29 is 37.3 Å². The van der Waals surface area contributed by atoms with E-state index in [9.17, 15) is 27.9 Å². The topological polar surface area (TPSA) is 100 Å². The number of aliphatic hydroxyl groups excluding tert-OH is 1. The maximum Gasteiger partial charge on any atom is 0.573 e. The molecule has 3 rings (SSSR count). The fourth-order valence-electron chi connectivity index (χ4n) is 4.49. The van der Waals surface area contributed by atoms with Gasteiger partial charge >= 0.3 is 12.5 Å². The Hall–Kier alpha value is -3.31. The SMILES string of the molecule is CC(C)C1N[C@@H]([C@@H](O)[C@H](Cc2ccccc2)NC(=O)OC(C)(C)C)C(=O)N1Cc1cccc(OC(F)(F)F)c1. The zero-order valence-corrected chi connectivity index (χ0v) is 22.7. The number of carbonyl (C=O) groups is 2. The standard InChI is InChI=1S/C28H36F3N3O5/c1-17(2)24-33-22(25(36)34(24)16-19-12-9-13-20(14-19)38-28(29,30)31)23(35)21(15-18-10-7-6-8-11-18)32-26(37)39-27(3,4)5/h6-14,17,21-24,33,35H,15-16H2,1-5H3,(H,32,37)/t21-,22-,23-,24?/m0/s1. The molecule has 2 aromatic carbocycles. The smallest absolute Gasteiger partial charge is 0.444 e. The quantitative estimate of drug-likeness (QED) is 0.428. The molecule has 0 spiro atoms. The molecule has 1 fully saturated rings. The van der Waals surface area contributed by atoms with Gasteiger partial charge in [-0.25, -0.2) is 4.79 Å². The minimum absolute atomic E-state index is 0.00416. The Bertz CT molecular complexity index is 1120. The zero-order chi connectivity index (χ0) is 29.0. The first-order valence-corrected chi connectivity index (χ1v) is 12.8. The van der Waals surface area contributed by atoms with Gasteiger partial charge in [0, 0.05) is 6.54 Å². The van der Waals surface area contributed by atoms with Crippen LogP contribution < -0.4 is 15.4 Å². The highest BCUT2D eigenvalue weighted by atomic mass is 19.4. The van der Waals surface area contributed by atoms with Crippen LogP contribution in [0.2, 0.25) is 0 Å². The number of ether oxygens (including phenoxy) is 2. The van der Waals surface area contributed by atoms with Gasteiger partial charge in [-0.2, -0.15) is 0 Å². The molecule has 4 atom stereocenters. The van der Waals surface area contributed by atoms with Gasteiger partial charge in [0.25, 0.3) is 0 Å². The Labute approximate surface area is 226 Å². The van der Waals surface area contributed by atoms with Crippen LogP contribution in [0.4, 0.5) is 18.0 Å². The summed E-state index contributed by atoms with van der Waals surface area (Å²) in [5.74, 6) is -0.915. The number of halogens is 3. The van der Waals surface area contributed by atoms with E-state index in [1.54, 1.807) is 26.8 Å². The predicted molar refractivity (Wildman–Crippen MR) is 139 cm³/mol. The van der Waals surface area contributed by atoms with E-state index in [-0.39, 0.29) is 24.6 Å². The molecule has 0 aliphatic carbocycles. The second-order valence-corrected chi connectivity index (χ2v) is 10.9. The summed E-state index contributed by atoms with van der Waals surface area (Å²) < 4.78 is 47.5. The van der Waals surface area contributed by atoms with Crippen molar-refractivity contribution in [1.29, 1.82) is 0 Å². The molecule has 1 aliphatic heterocycles. The molecule has 1 unspecified atom stereocenters. The molecule has 2 amide bonds. The lowest BCUT2D eigenvalue weighted by Crippen LogP contribution is -2.55. The highest BCUT2D eigenvalue weighted by Gasteiger charge is 2.46. The van der Waals surface area contributed by atoms with E-state index in [2.05, 4.69) is 15.4 Å². The monoisotopic (exact) mass is 551 g/mol. The molecule has 0 aromatic heterocycles. The lowest BCUT2D eigenvalue weighted by molar-refractivity contribution is -0.274. The summed E-state index contributed by atoms with van der Waals surface area (Å²) in [4.78, 5) is 27.7. The first-order chi connectivity index (χ1) is 18.1. The Kier molecular flexibility index (Phi) is 9.50. The summed E-state index contributed by atoms with van der Waals surface area (Å²) in [6.07, 6.45) is -7.18. The van der Waals surface area contributed by atoms with Crippen molar-refractivity contribution in [2.75, 3.05) is 0 Å². The molecule has 11 heteroatoms. The minimum Gasteiger partial charge on any atom is -0.444 e. The molecule has 3 N–H and O–H groups in total. The van der Waals surface area contributed by atoms with Crippen LogP contribution in [0.15, 0.2) is 54.6 Å². The van der Waals surface area contributed by atoms with Crippen LogP contribution in [0.3, 0.4) is 0 Å². The maximum atomic E-state index is 13.6.